The fraction of sp³-hybridized carbons (Fsp3) is 0.378. The predicted molar refractivity (Wildman–Crippen MR) is 237 cm³/mol. The highest BCUT2D eigenvalue weighted by Crippen LogP contribution is 2.43. The number of hydrogen-bond donors (Lipinski definition) is 2. The van der Waals surface area contributed by atoms with Crippen LogP contribution >= 0.6 is 11.6 Å². The monoisotopic (exact) mass is 867 g/mol. The van der Waals surface area contributed by atoms with Crippen molar-refractivity contribution in [1.82, 2.24) is 19.6 Å². The summed E-state index contributed by atoms with van der Waals surface area (Å²) in [6.07, 6.45) is 7.91. The van der Waals surface area contributed by atoms with Crippen LogP contribution in [-0.4, -0.2) is 93.1 Å². The van der Waals surface area contributed by atoms with E-state index in [2.05, 4.69) is 50.5 Å². The number of allylic oxidation sites excluding steroid dienone is 1. The Bertz CT molecular complexity index is 2580. The van der Waals surface area contributed by atoms with Gasteiger partial charge in [-0.15, -0.1) is 0 Å². The van der Waals surface area contributed by atoms with Crippen LogP contribution in [0.3, 0.4) is 0 Å². The summed E-state index contributed by atoms with van der Waals surface area (Å²) >= 11 is 6.24. The first-order valence-corrected chi connectivity index (χ1v) is 22.4. The summed E-state index contributed by atoms with van der Waals surface area (Å²) in [5.74, 6) is -0.462. The fourth-order valence-corrected chi connectivity index (χ4v) is 9.74. The van der Waals surface area contributed by atoms with E-state index in [4.69, 9.17) is 21.1 Å². The number of piperazine rings is 1. The van der Waals surface area contributed by atoms with Gasteiger partial charge in [-0.1, -0.05) is 43.2 Å². The number of hydrogen-bond acceptors (Lipinski definition) is 11. The number of nitrogens with one attached hydrogen (secondary N) is 2. The number of amides is 1. The van der Waals surface area contributed by atoms with Crippen LogP contribution in [0.15, 0.2) is 95.7 Å². The number of fused-ring (bicyclic) bond motifs is 1. The van der Waals surface area contributed by atoms with Crippen molar-refractivity contribution in [3.63, 3.8) is 0 Å². The lowest BCUT2D eigenvalue weighted by molar-refractivity contribution is -0.384. The molecule has 1 aliphatic carbocycles. The van der Waals surface area contributed by atoms with Gasteiger partial charge in [0.05, 0.1) is 27.7 Å². The number of nitrogens with zero attached hydrogens (tertiary/aromatic N) is 5. The number of ether oxygens (including phenoxy) is 2. The van der Waals surface area contributed by atoms with E-state index in [9.17, 15) is 23.3 Å². The number of H-pyrrole nitrogens is 1. The number of piperidine rings is 1. The number of aromatic amines is 1. The smallest absolute Gasteiger partial charge is 0.293 e. The molecule has 2 aliphatic heterocycles. The number of halogens is 1. The number of carbonyl (C=O) groups excluding carboxylic acids is 1. The summed E-state index contributed by atoms with van der Waals surface area (Å²) < 4.78 is 41.3. The Balaban J connectivity index is 1.02. The lowest BCUT2D eigenvalue weighted by Gasteiger charge is -2.39. The van der Waals surface area contributed by atoms with Crippen molar-refractivity contribution in [2.75, 3.05) is 62.7 Å². The number of benzene rings is 3. The zero-order chi connectivity index (χ0) is 42.9. The Morgan fingerprint density at radius 1 is 0.984 bits per heavy atom. The van der Waals surface area contributed by atoms with E-state index in [-0.39, 0.29) is 28.5 Å². The van der Waals surface area contributed by atoms with Gasteiger partial charge < -0.3 is 24.3 Å². The van der Waals surface area contributed by atoms with Crippen LogP contribution in [0.5, 0.6) is 11.5 Å². The fourth-order valence-electron chi connectivity index (χ4n) is 8.63. The molecule has 3 aromatic carbocycles. The molecule has 2 fully saturated rings. The molecule has 61 heavy (non-hydrogen) atoms. The number of methoxy groups -OCH3 is 1. The summed E-state index contributed by atoms with van der Waals surface area (Å²) in [6.45, 7) is 9.69. The number of aromatic nitrogens is 2. The van der Waals surface area contributed by atoms with Gasteiger partial charge in [-0.05, 0) is 97.2 Å². The summed E-state index contributed by atoms with van der Waals surface area (Å²) in [5, 5.41) is 13.7. The minimum atomic E-state index is -4.55. The zero-order valence-corrected chi connectivity index (χ0v) is 36.1. The van der Waals surface area contributed by atoms with Crippen molar-refractivity contribution in [3.05, 3.63) is 117 Å². The van der Waals surface area contributed by atoms with Crippen molar-refractivity contribution in [3.8, 4) is 11.5 Å². The Kier molecular flexibility index (Phi) is 12.1. The maximum Gasteiger partial charge on any atom is 0.293 e. The molecule has 0 saturated carbocycles. The third-order valence-electron chi connectivity index (χ3n) is 12.1. The van der Waals surface area contributed by atoms with Gasteiger partial charge in [0.15, 0.2) is 0 Å². The molecule has 5 aromatic rings. The van der Waals surface area contributed by atoms with E-state index >= 15 is 0 Å². The van der Waals surface area contributed by atoms with Gasteiger partial charge in [-0.2, -0.15) is 0 Å². The molecule has 0 radical (unpaired) electrons. The molecule has 0 atom stereocenters. The van der Waals surface area contributed by atoms with Gasteiger partial charge in [0.2, 0.25) is 0 Å². The van der Waals surface area contributed by atoms with Crippen LogP contribution in [0.25, 0.3) is 16.6 Å². The van der Waals surface area contributed by atoms with Gasteiger partial charge in [-0.3, -0.25) is 19.8 Å². The molecule has 0 spiro atoms. The normalized spacial score (nSPS) is 17.8. The van der Waals surface area contributed by atoms with Gasteiger partial charge in [-0.25, -0.2) is 18.1 Å². The molecular weight excluding hydrogens is 818 g/mol. The molecule has 3 aliphatic rings. The highest BCUT2D eigenvalue weighted by Gasteiger charge is 2.31. The predicted octanol–water partition coefficient (Wildman–Crippen LogP) is 8.44. The molecule has 1 amide bonds. The van der Waals surface area contributed by atoms with Crippen molar-refractivity contribution in [1.29, 1.82) is 0 Å². The lowest BCUT2D eigenvalue weighted by Crippen LogP contribution is -2.47. The van der Waals surface area contributed by atoms with E-state index in [1.54, 1.807) is 37.6 Å². The Morgan fingerprint density at radius 2 is 1.74 bits per heavy atom. The SMILES string of the molecule is COC1CCN(c2ccc(S(=O)(=O)NC(=O)c3ccc(N4CCN(CC5=C(c6ccc(Cl)cc6)CC(C)(C)CC5)CC4)cc3Oc3cnc4[nH]ccc4c3)cc2[N+](=O)[O-])CC1. The number of pyridine rings is 1. The van der Waals surface area contributed by atoms with E-state index in [0.717, 1.165) is 74.1 Å². The van der Waals surface area contributed by atoms with Crippen LogP contribution in [0.2, 0.25) is 5.02 Å². The Morgan fingerprint density at radius 3 is 2.46 bits per heavy atom. The largest absolute Gasteiger partial charge is 0.455 e. The van der Waals surface area contributed by atoms with Crippen LogP contribution < -0.4 is 19.3 Å². The quantitative estimate of drug-likeness (QED) is 0.0914. The summed E-state index contributed by atoms with van der Waals surface area (Å²) in [6, 6.07) is 20.6. The third kappa shape index (κ3) is 9.55. The number of anilines is 2. The molecule has 14 nitrogen and oxygen atoms in total. The molecule has 2 saturated heterocycles. The summed E-state index contributed by atoms with van der Waals surface area (Å²) in [5.41, 5.74) is 5.72. The number of rotatable bonds is 12. The Hall–Kier alpha value is -5.48. The highest BCUT2D eigenvalue weighted by molar-refractivity contribution is 7.90. The summed E-state index contributed by atoms with van der Waals surface area (Å²) in [4.78, 5) is 39.2. The number of carbonyl (C=O) groups is 1. The highest BCUT2D eigenvalue weighted by atomic mass is 35.5. The second-order valence-corrected chi connectivity index (χ2v) is 18.9. The maximum atomic E-state index is 13.9. The molecule has 0 unspecified atom stereocenters. The molecular formula is C45H50ClN7O7S. The van der Waals surface area contributed by atoms with Gasteiger partial charge >= 0.3 is 0 Å². The third-order valence-corrected chi connectivity index (χ3v) is 13.7. The van der Waals surface area contributed by atoms with Crippen LogP contribution in [0.1, 0.15) is 61.9 Å². The zero-order valence-electron chi connectivity index (χ0n) is 34.5. The average Bonchev–Trinajstić information content (AvgIpc) is 3.72. The van der Waals surface area contributed by atoms with Crippen LogP contribution in [0.4, 0.5) is 17.1 Å². The molecule has 2 aromatic heterocycles. The lowest BCUT2D eigenvalue weighted by atomic mass is 9.72. The minimum absolute atomic E-state index is 0.0332. The molecule has 4 heterocycles. The van der Waals surface area contributed by atoms with Crippen molar-refractivity contribution in [2.24, 2.45) is 5.41 Å². The molecule has 0 bridgehead atoms. The second-order valence-electron chi connectivity index (χ2n) is 16.8. The van der Waals surface area contributed by atoms with Crippen LogP contribution in [0, 0.1) is 15.5 Å². The molecule has 320 valence electrons. The molecule has 2 N–H and O–H groups in total. The first-order chi connectivity index (χ1) is 29.2. The van der Waals surface area contributed by atoms with Gasteiger partial charge in [0.1, 0.15) is 22.8 Å². The Labute approximate surface area is 360 Å². The number of nitro benzene ring substituents is 1. The van der Waals surface area contributed by atoms with Crippen molar-refractivity contribution >= 4 is 61.2 Å². The van der Waals surface area contributed by atoms with Gasteiger partial charge in [0, 0.05) is 87.3 Å². The summed E-state index contributed by atoms with van der Waals surface area (Å²) in [7, 11) is -2.92. The first kappa shape index (κ1) is 42.2. The minimum Gasteiger partial charge on any atom is -0.455 e. The topological polar surface area (TPSA) is 163 Å². The standard InChI is InChI=1S/C45H50ClN7O7S/c1-45(2)16-12-32(39(27-45)30-4-6-33(46)7-5-30)29-50-20-22-51(23-21-50)34-8-10-38(42(25-34)60-36-24-31-13-17-47-43(31)48-28-36)44(54)49-61(57,58)37-9-11-40(41(26-37)53(55)56)52-18-14-35(59-3)15-19-52/h4-11,13,17,24-26,28,35H,12,14-16,18-23,27,29H2,1-3H3,(H,47,48)(H,49,54). The van der Waals surface area contributed by atoms with E-state index in [1.165, 1.54) is 35.0 Å². The molecule has 16 heteroatoms. The van der Waals surface area contributed by atoms with Crippen molar-refractivity contribution < 1.29 is 27.6 Å². The van der Waals surface area contributed by atoms with E-state index in [0.29, 0.717) is 43.0 Å². The van der Waals surface area contributed by atoms with Gasteiger partial charge in [0.25, 0.3) is 21.6 Å². The maximum absolute atomic E-state index is 13.9. The van der Waals surface area contributed by atoms with Crippen LogP contribution in [-0.2, 0) is 14.8 Å². The second kappa shape index (κ2) is 17.5. The first-order valence-electron chi connectivity index (χ1n) is 20.6. The number of sulfonamides is 1. The van der Waals surface area contributed by atoms with E-state index in [1.807, 2.05) is 23.1 Å². The van der Waals surface area contributed by atoms with E-state index < -0.39 is 25.7 Å². The number of nitro groups is 1. The molecule has 8 rings (SSSR count). The average molecular weight is 868 g/mol. The van der Waals surface area contributed by atoms with Crippen molar-refractivity contribution in [2.45, 2.75) is 57.0 Å².